The van der Waals surface area contributed by atoms with Crippen molar-refractivity contribution in [3.63, 3.8) is 0 Å². The molecule has 25 heavy (non-hydrogen) atoms. The van der Waals surface area contributed by atoms with E-state index in [1.807, 2.05) is 6.92 Å². The van der Waals surface area contributed by atoms with Crippen molar-refractivity contribution >= 4 is 17.7 Å². The maximum Gasteiger partial charge on any atom is 0.354 e. The van der Waals surface area contributed by atoms with E-state index in [0.717, 1.165) is 11.1 Å². The van der Waals surface area contributed by atoms with Gasteiger partial charge in [0.15, 0.2) is 0 Å². The second kappa shape index (κ2) is 7.96. The van der Waals surface area contributed by atoms with Crippen LogP contribution in [0.3, 0.4) is 0 Å². The Hall–Kier alpha value is -3.35. The second-order valence-corrected chi connectivity index (χ2v) is 5.48. The number of amidine groups is 1. The van der Waals surface area contributed by atoms with Crippen LogP contribution in [0.25, 0.3) is 0 Å². The zero-order valence-electron chi connectivity index (χ0n) is 13.7. The van der Waals surface area contributed by atoms with Crippen molar-refractivity contribution in [2.45, 2.75) is 19.6 Å². The number of hydrogen-bond acceptors (Lipinski definition) is 4. The van der Waals surface area contributed by atoms with Crippen molar-refractivity contribution in [2.24, 2.45) is 5.73 Å². The minimum Gasteiger partial charge on any atom is -0.478 e. The van der Waals surface area contributed by atoms with E-state index in [1.165, 1.54) is 0 Å². The average molecular weight is 341 g/mol. The van der Waals surface area contributed by atoms with Crippen LogP contribution >= 0.6 is 0 Å². The minimum atomic E-state index is -1.64. The third-order valence-electron chi connectivity index (χ3n) is 3.47. The molecule has 0 aliphatic rings. The monoisotopic (exact) mass is 341 g/mol. The first-order valence-electron chi connectivity index (χ1n) is 7.54. The van der Waals surface area contributed by atoms with Gasteiger partial charge in [-0.3, -0.25) is 10.2 Å². The van der Waals surface area contributed by atoms with E-state index >= 15 is 0 Å². The zero-order valence-corrected chi connectivity index (χ0v) is 13.7. The summed E-state index contributed by atoms with van der Waals surface area (Å²) in [5, 5.41) is 19.1. The summed E-state index contributed by atoms with van der Waals surface area (Å²) in [6.45, 7) is 2.03. The number of aliphatic carboxylic acids is 1. The van der Waals surface area contributed by atoms with E-state index in [-0.39, 0.29) is 12.4 Å². The topological polar surface area (TPSA) is 125 Å². The van der Waals surface area contributed by atoms with Gasteiger partial charge in [0.25, 0.3) is 12.0 Å². The fourth-order valence-electron chi connectivity index (χ4n) is 2.05. The SMILES string of the molecule is Cc1ccc(OC(C(=O)O)C(=O)NCc2ccc(C(=N)N)cc2)cc1. The predicted octanol–water partition coefficient (Wildman–Crippen LogP) is 1.43. The van der Waals surface area contributed by atoms with Crippen molar-refractivity contribution in [3.05, 3.63) is 65.2 Å². The smallest absolute Gasteiger partial charge is 0.354 e. The molecule has 0 bridgehead atoms. The third kappa shape index (κ3) is 5.07. The molecule has 130 valence electrons. The van der Waals surface area contributed by atoms with E-state index < -0.39 is 18.0 Å². The summed E-state index contributed by atoms with van der Waals surface area (Å²) in [4.78, 5) is 23.5. The van der Waals surface area contributed by atoms with Gasteiger partial charge in [-0.05, 0) is 24.6 Å². The Morgan fingerprint density at radius 2 is 1.76 bits per heavy atom. The number of nitrogens with one attached hydrogen (secondary N) is 2. The first-order chi connectivity index (χ1) is 11.9. The molecular weight excluding hydrogens is 322 g/mol. The number of nitrogen functional groups attached to an aromatic ring is 1. The van der Waals surface area contributed by atoms with Gasteiger partial charge in [-0.2, -0.15) is 0 Å². The van der Waals surface area contributed by atoms with Gasteiger partial charge in [0.2, 0.25) is 0 Å². The normalized spacial score (nSPS) is 11.4. The molecule has 2 aromatic rings. The Morgan fingerprint density at radius 3 is 2.28 bits per heavy atom. The van der Waals surface area contributed by atoms with E-state index in [1.54, 1.807) is 48.5 Å². The number of ether oxygens (including phenoxy) is 1. The zero-order chi connectivity index (χ0) is 18.4. The lowest BCUT2D eigenvalue weighted by molar-refractivity contribution is -0.151. The van der Waals surface area contributed by atoms with Crippen molar-refractivity contribution in [1.29, 1.82) is 5.41 Å². The summed E-state index contributed by atoms with van der Waals surface area (Å²) in [5.74, 6) is -1.86. The molecule has 0 heterocycles. The lowest BCUT2D eigenvalue weighted by atomic mass is 10.1. The Labute approximate surface area is 144 Å². The highest BCUT2D eigenvalue weighted by Crippen LogP contribution is 2.14. The molecule has 0 spiro atoms. The largest absolute Gasteiger partial charge is 0.478 e. The fourth-order valence-corrected chi connectivity index (χ4v) is 2.05. The molecule has 1 unspecified atom stereocenters. The molecule has 1 amide bonds. The molecule has 0 fully saturated rings. The van der Waals surface area contributed by atoms with Gasteiger partial charge < -0.3 is 20.9 Å². The Balaban J connectivity index is 1.99. The van der Waals surface area contributed by atoms with Crippen LogP contribution in [-0.4, -0.2) is 28.9 Å². The standard InChI is InChI=1S/C18H19N3O4/c1-11-2-8-14(9-3-11)25-15(18(23)24)17(22)21-10-12-4-6-13(7-5-12)16(19)20/h2-9,15H,10H2,1H3,(H3,19,20)(H,21,22)(H,23,24). The molecule has 0 radical (unpaired) electrons. The highest BCUT2D eigenvalue weighted by atomic mass is 16.5. The molecule has 0 aliphatic heterocycles. The number of benzene rings is 2. The highest BCUT2D eigenvalue weighted by molar-refractivity contribution is 6.00. The lowest BCUT2D eigenvalue weighted by Crippen LogP contribution is -2.43. The number of rotatable bonds is 7. The van der Waals surface area contributed by atoms with Crippen LogP contribution in [0, 0.1) is 12.3 Å². The lowest BCUT2D eigenvalue weighted by Gasteiger charge is -2.15. The molecule has 2 aromatic carbocycles. The number of nitrogens with two attached hydrogens (primary N) is 1. The molecule has 5 N–H and O–H groups in total. The number of carboxylic acids is 1. The van der Waals surface area contributed by atoms with E-state index in [0.29, 0.717) is 11.3 Å². The van der Waals surface area contributed by atoms with E-state index in [2.05, 4.69) is 5.32 Å². The summed E-state index contributed by atoms with van der Waals surface area (Å²) in [6, 6.07) is 13.5. The average Bonchev–Trinajstić information content (AvgIpc) is 2.59. The molecule has 7 heteroatoms. The first kappa shape index (κ1) is 18.0. The van der Waals surface area contributed by atoms with Crippen LogP contribution in [-0.2, 0) is 16.1 Å². The Morgan fingerprint density at radius 1 is 1.16 bits per heavy atom. The van der Waals surface area contributed by atoms with E-state index in [4.69, 9.17) is 15.9 Å². The van der Waals surface area contributed by atoms with Gasteiger partial charge in [-0.15, -0.1) is 0 Å². The highest BCUT2D eigenvalue weighted by Gasteiger charge is 2.28. The number of amides is 1. The van der Waals surface area contributed by atoms with Crippen LogP contribution in [0.15, 0.2) is 48.5 Å². The molecule has 1 atom stereocenters. The summed E-state index contributed by atoms with van der Waals surface area (Å²) in [5.41, 5.74) is 7.69. The maximum atomic E-state index is 12.1. The molecule has 0 saturated carbocycles. The van der Waals surface area contributed by atoms with Crippen LogP contribution in [0.5, 0.6) is 5.75 Å². The summed E-state index contributed by atoms with van der Waals surface area (Å²) in [6.07, 6.45) is -1.64. The van der Waals surface area contributed by atoms with Crippen LogP contribution < -0.4 is 15.8 Å². The maximum absolute atomic E-state index is 12.1. The molecular formula is C18H19N3O4. The van der Waals surface area contributed by atoms with Gasteiger partial charge >= 0.3 is 5.97 Å². The van der Waals surface area contributed by atoms with Gasteiger partial charge in [0, 0.05) is 12.1 Å². The van der Waals surface area contributed by atoms with Crippen LogP contribution in [0.4, 0.5) is 0 Å². The van der Waals surface area contributed by atoms with Gasteiger partial charge in [0.1, 0.15) is 11.6 Å². The minimum absolute atomic E-state index is 0.0481. The summed E-state index contributed by atoms with van der Waals surface area (Å²) >= 11 is 0. The number of carboxylic acid groups (broad SMARTS) is 1. The molecule has 0 aromatic heterocycles. The van der Waals surface area contributed by atoms with Crippen molar-refractivity contribution in [3.8, 4) is 5.75 Å². The summed E-state index contributed by atoms with van der Waals surface area (Å²) in [7, 11) is 0. The first-order valence-corrected chi connectivity index (χ1v) is 7.54. The second-order valence-electron chi connectivity index (χ2n) is 5.48. The van der Waals surface area contributed by atoms with Crippen molar-refractivity contribution in [1.82, 2.24) is 5.32 Å². The molecule has 7 nitrogen and oxygen atoms in total. The number of carbonyl (C=O) groups is 2. The van der Waals surface area contributed by atoms with Crippen molar-refractivity contribution in [2.75, 3.05) is 0 Å². The van der Waals surface area contributed by atoms with Crippen LogP contribution in [0.2, 0.25) is 0 Å². The third-order valence-corrected chi connectivity index (χ3v) is 3.47. The molecule has 0 saturated heterocycles. The molecule has 2 rings (SSSR count). The number of aryl methyl sites for hydroxylation is 1. The predicted molar refractivity (Wildman–Crippen MR) is 92.5 cm³/mol. The van der Waals surface area contributed by atoms with E-state index in [9.17, 15) is 14.7 Å². The summed E-state index contributed by atoms with van der Waals surface area (Å²) < 4.78 is 5.28. The molecule has 0 aliphatic carbocycles. The van der Waals surface area contributed by atoms with Gasteiger partial charge in [-0.25, -0.2) is 4.79 Å². The van der Waals surface area contributed by atoms with Gasteiger partial charge in [0.05, 0.1) is 0 Å². The Kier molecular flexibility index (Phi) is 5.73. The van der Waals surface area contributed by atoms with Gasteiger partial charge in [-0.1, -0.05) is 42.0 Å². The number of carbonyl (C=O) groups excluding carboxylic acids is 1. The Bertz CT molecular complexity index is 770. The van der Waals surface area contributed by atoms with Crippen molar-refractivity contribution < 1.29 is 19.4 Å². The fraction of sp³-hybridized carbons (Fsp3) is 0.167. The quantitative estimate of drug-likeness (QED) is 0.344. The number of hydrogen-bond donors (Lipinski definition) is 4. The van der Waals surface area contributed by atoms with Crippen LogP contribution in [0.1, 0.15) is 16.7 Å².